The molecule has 4 nitrogen and oxygen atoms in total. The van der Waals surface area contributed by atoms with Crippen LogP contribution in [0.2, 0.25) is 0 Å². The molecule has 0 atom stereocenters. The van der Waals surface area contributed by atoms with Crippen LogP contribution in [0.1, 0.15) is 42.4 Å². The van der Waals surface area contributed by atoms with Gasteiger partial charge < -0.3 is 5.73 Å². The first-order valence-electron chi connectivity index (χ1n) is 5.26. The molecule has 0 saturated heterocycles. The van der Waals surface area contributed by atoms with E-state index in [1.54, 1.807) is 0 Å². The maximum Gasteiger partial charge on any atom is 0.220 e. The maximum atomic E-state index is 11.0. The van der Waals surface area contributed by atoms with E-state index < -0.39 is 0 Å². The van der Waals surface area contributed by atoms with Crippen molar-refractivity contribution in [2.75, 3.05) is 0 Å². The molecule has 2 N–H and O–H groups in total. The van der Waals surface area contributed by atoms with Crippen molar-refractivity contribution < 1.29 is 4.79 Å². The van der Waals surface area contributed by atoms with Crippen molar-refractivity contribution >= 4 is 17.4 Å². The van der Waals surface area contributed by atoms with Gasteiger partial charge in [-0.3, -0.25) is 4.79 Å². The second kappa shape index (κ2) is 4.26. The van der Waals surface area contributed by atoms with E-state index in [4.69, 9.17) is 5.73 Å². The van der Waals surface area contributed by atoms with Gasteiger partial charge in [0.2, 0.25) is 5.91 Å². The predicted molar refractivity (Wildman–Crippen MR) is 58.5 cm³/mol. The highest BCUT2D eigenvalue weighted by atomic mass is 32.1. The minimum absolute atomic E-state index is 0.0704. The largest absolute Gasteiger partial charge is 0.369 e. The molecular weight excluding hydrogens is 210 g/mol. The van der Waals surface area contributed by atoms with Crippen LogP contribution in [0.25, 0.3) is 0 Å². The topological polar surface area (TPSA) is 68.9 Å². The molecule has 1 saturated carbocycles. The number of nitrogens with zero attached hydrogens (tertiary/aromatic N) is 2. The Morgan fingerprint density at radius 1 is 1.40 bits per heavy atom. The van der Waals surface area contributed by atoms with Gasteiger partial charge in [0.15, 0.2) is 0 Å². The SMILES string of the molecule is Cc1nc(C2CCC(C(N)=O)CC2)ns1. The summed E-state index contributed by atoms with van der Waals surface area (Å²) in [7, 11) is 0. The summed E-state index contributed by atoms with van der Waals surface area (Å²) in [5.74, 6) is 1.31. The van der Waals surface area contributed by atoms with Crippen LogP contribution in [0, 0.1) is 12.8 Å². The molecule has 1 amide bonds. The summed E-state index contributed by atoms with van der Waals surface area (Å²) < 4.78 is 4.32. The molecule has 0 aliphatic heterocycles. The molecular formula is C10H15N3OS. The molecule has 5 heteroatoms. The number of aryl methyl sites for hydroxylation is 1. The second-order valence-corrected chi connectivity index (χ2v) is 5.08. The smallest absolute Gasteiger partial charge is 0.220 e. The number of hydrogen-bond donors (Lipinski definition) is 1. The standard InChI is InChI=1S/C10H15N3OS/c1-6-12-10(13-15-6)8-4-2-7(3-5-8)9(11)14/h7-8H,2-5H2,1H3,(H2,11,14). The third kappa shape index (κ3) is 2.34. The molecule has 2 rings (SSSR count). The fraction of sp³-hybridized carbons (Fsp3) is 0.700. The molecule has 0 unspecified atom stereocenters. The van der Waals surface area contributed by atoms with E-state index in [1.165, 1.54) is 11.5 Å². The van der Waals surface area contributed by atoms with Gasteiger partial charge in [-0.1, -0.05) is 0 Å². The van der Waals surface area contributed by atoms with Crippen molar-refractivity contribution in [3.63, 3.8) is 0 Å². The van der Waals surface area contributed by atoms with Crippen molar-refractivity contribution in [1.29, 1.82) is 0 Å². The Hall–Kier alpha value is -0.970. The summed E-state index contributed by atoms with van der Waals surface area (Å²) in [6.07, 6.45) is 3.75. The van der Waals surface area contributed by atoms with E-state index in [0.29, 0.717) is 5.92 Å². The molecule has 0 bridgehead atoms. The minimum Gasteiger partial charge on any atom is -0.369 e. The van der Waals surface area contributed by atoms with E-state index in [1.807, 2.05) is 6.92 Å². The van der Waals surface area contributed by atoms with Crippen LogP contribution in [0.4, 0.5) is 0 Å². The zero-order chi connectivity index (χ0) is 10.8. The zero-order valence-corrected chi connectivity index (χ0v) is 9.59. The molecule has 1 aliphatic rings. The number of rotatable bonds is 2. The molecule has 1 fully saturated rings. The minimum atomic E-state index is -0.157. The molecule has 0 radical (unpaired) electrons. The predicted octanol–water partition coefficient (Wildman–Crippen LogP) is 1.61. The Balaban J connectivity index is 1.96. The summed E-state index contributed by atoms with van der Waals surface area (Å²) in [5, 5.41) is 1.02. The van der Waals surface area contributed by atoms with Gasteiger partial charge in [-0.25, -0.2) is 4.98 Å². The Morgan fingerprint density at radius 3 is 2.53 bits per heavy atom. The lowest BCUT2D eigenvalue weighted by Crippen LogP contribution is -2.27. The van der Waals surface area contributed by atoms with Crippen LogP contribution >= 0.6 is 11.5 Å². The van der Waals surface area contributed by atoms with Gasteiger partial charge in [-0.15, -0.1) is 0 Å². The molecule has 1 heterocycles. The molecule has 1 aliphatic carbocycles. The molecule has 0 aromatic carbocycles. The van der Waals surface area contributed by atoms with E-state index >= 15 is 0 Å². The third-order valence-corrected chi connectivity index (χ3v) is 3.67. The van der Waals surface area contributed by atoms with Gasteiger partial charge in [-0.2, -0.15) is 4.37 Å². The Bertz CT molecular complexity index is 355. The molecule has 1 aromatic heterocycles. The molecule has 15 heavy (non-hydrogen) atoms. The van der Waals surface area contributed by atoms with E-state index in [9.17, 15) is 4.79 Å². The number of aromatic nitrogens is 2. The van der Waals surface area contributed by atoms with Crippen LogP contribution in [0.3, 0.4) is 0 Å². The summed E-state index contributed by atoms with van der Waals surface area (Å²) in [6, 6.07) is 0. The van der Waals surface area contributed by atoms with Gasteiger partial charge in [0.05, 0.1) is 0 Å². The second-order valence-electron chi connectivity index (χ2n) is 4.12. The fourth-order valence-electron chi connectivity index (χ4n) is 2.12. The fourth-order valence-corrected chi connectivity index (χ4v) is 2.67. The van der Waals surface area contributed by atoms with Crippen molar-refractivity contribution in [1.82, 2.24) is 9.36 Å². The van der Waals surface area contributed by atoms with E-state index in [-0.39, 0.29) is 11.8 Å². The van der Waals surface area contributed by atoms with Gasteiger partial charge in [-0.05, 0) is 44.1 Å². The number of amides is 1. The Morgan fingerprint density at radius 2 is 2.07 bits per heavy atom. The first-order chi connectivity index (χ1) is 7.16. The summed E-state index contributed by atoms with van der Waals surface area (Å²) in [6.45, 7) is 1.97. The van der Waals surface area contributed by atoms with Crippen molar-refractivity contribution in [2.45, 2.75) is 38.5 Å². The van der Waals surface area contributed by atoms with Gasteiger partial charge in [0.1, 0.15) is 10.8 Å². The highest BCUT2D eigenvalue weighted by Crippen LogP contribution is 2.34. The lowest BCUT2D eigenvalue weighted by Gasteiger charge is -2.24. The number of primary amides is 1. The van der Waals surface area contributed by atoms with Crippen molar-refractivity contribution in [3.8, 4) is 0 Å². The van der Waals surface area contributed by atoms with Crippen LogP contribution in [0.15, 0.2) is 0 Å². The van der Waals surface area contributed by atoms with E-state index in [0.717, 1.165) is 36.5 Å². The highest BCUT2D eigenvalue weighted by molar-refractivity contribution is 7.05. The van der Waals surface area contributed by atoms with Crippen LogP contribution < -0.4 is 5.73 Å². The lowest BCUT2D eigenvalue weighted by atomic mass is 9.81. The maximum absolute atomic E-state index is 11.0. The van der Waals surface area contributed by atoms with Crippen molar-refractivity contribution in [2.24, 2.45) is 11.7 Å². The molecule has 1 aromatic rings. The number of hydrogen-bond acceptors (Lipinski definition) is 4. The van der Waals surface area contributed by atoms with Gasteiger partial charge in [0.25, 0.3) is 0 Å². The number of carbonyl (C=O) groups is 1. The quantitative estimate of drug-likeness (QED) is 0.831. The number of nitrogens with two attached hydrogens (primary N) is 1. The lowest BCUT2D eigenvalue weighted by molar-refractivity contribution is -0.122. The normalized spacial score (nSPS) is 26.5. The molecule has 82 valence electrons. The van der Waals surface area contributed by atoms with Gasteiger partial charge >= 0.3 is 0 Å². The Labute approximate surface area is 93.1 Å². The highest BCUT2D eigenvalue weighted by Gasteiger charge is 2.27. The average molecular weight is 225 g/mol. The van der Waals surface area contributed by atoms with Crippen LogP contribution in [-0.4, -0.2) is 15.3 Å². The number of carbonyl (C=O) groups excluding carboxylic acids is 1. The van der Waals surface area contributed by atoms with Crippen LogP contribution in [-0.2, 0) is 4.79 Å². The first-order valence-corrected chi connectivity index (χ1v) is 6.03. The third-order valence-electron chi connectivity index (χ3n) is 3.04. The monoisotopic (exact) mass is 225 g/mol. The van der Waals surface area contributed by atoms with Gasteiger partial charge in [0, 0.05) is 11.8 Å². The summed E-state index contributed by atoms with van der Waals surface area (Å²) in [5.41, 5.74) is 5.29. The van der Waals surface area contributed by atoms with Crippen molar-refractivity contribution in [3.05, 3.63) is 10.8 Å². The summed E-state index contributed by atoms with van der Waals surface area (Å²) in [4.78, 5) is 15.4. The van der Waals surface area contributed by atoms with E-state index in [2.05, 4.69) is 9.36 Å². The molecule has 0 spiro atoms. The zero-order valence-electron chi connectivity index (χ0n) is 8.77. The average Bonchev–Trinajstić information content (AvgIpc) is 2.65. The van der Waals surface area contributed by atoms with Crippen LogP contribution in [0.5, 0.6) is 0 Å². The Kier molecular flexibility index (Phi) is 3.00. The summed E-state index contributed by atoms with van der Waals surface area (Å²) >= 11 is 1.45. The first kappa shape index (κ1) is 10.5.